The smallest absolute Gasteiger partial charge is 0.379 e. The number of halogens is 3. The van der Waals surface area contributed by atoms with E-state index in [4.69, 9.17) is 8.74 Å². The summed E-state index contributed by atoms with van der Waals surface area (Å²) in [6.07, 6.45) is 0.645. The molecule has 0 amide bonds. The number of rotatable bonds is 9. The van der Waals surface area contributed by atoms with Gasteiger partial charge in [-0.05, 0) is 80.2 Å². The summed E-state index contributed by atoms with van der Waals surface area (Å²) < 4.78 is 89.9. The van der Waals surface area contributed by atoms with Crippen molar-refractivity contribution in [2.45, 2.75) is 36.3 Å². The number of hydrogen-bond acceptors (Lipinski definition) is 6. The summed E-state index contributed by atoms with van der Waals surface area (Å²) in [5.41, 5.74) is 1.04. The van der Waals surface area contributed by atoms with Gasteiger partial charge in [-0.1, -0.05) is 50.8 Å². The Morgan fingerprint density at radius 3 is 2.28 bits per heavy atom. The standard InChI is InChI=1S/C24H21F2IO7S2/c1-4-15-5-6-18-13-19(8-7-17(18)9-15)34-35(29,30)23-20(14(2)3)10-16(11-21(23)27)12-22(28)24(25,26)36(31,32)33/h4-11,13-14H,1,12H2,2-3H3,(H,31,32,33). The molecule has 3 aromatic rings. The van der Waals surface area contributed by atoms with Gasteiger partial charge in [-0.15, -0.1) is 0 Å². The van der Waals surface area contributed by atoms with E-state index in [0.29, 0.717) is 0 Å². The summed E-state index contributed by atoms with van der Waals surface area (Å²) in [7, 11) is -10.3. The first-order valence-corrected chi connectivity index (χ1v) is 14.3. The summed E-state index contributed by atoms with van der Waals surface area (Å²) in [5, 5.41) is -3.40. The van der Waals surface area contributed by atoms with Crippen molar-refractivity contribution in [1.29, 1.82) is 0 Å². The molecule has 36 heavy (non-hydrogen) atoms. The summed E-state index contributed by atoms with van der Waals surface area (Å²) in [6.45, 7) is 7.04. The predicted octanol–water partition coefficient (Wildman–Crippen LogP) is 5.57. The van der Waals surface area contributed by atoms with Crippen LogP contribution in [0, 0.1) is 3.57 Å². The zero-order valence-corrected chi connectivity index (χ0v) is 22.8. The van der Waals surface area contributed by atoms with Crippen molar-refractivity contribution in [3.8, 4) is 5.75 Å². The molecule has 0 aliphatic carbocycles. The summed E-state index contributed by atoms with van der Waals surface area (Å²) in [6, 6.07) is 12.7. The van der Waals surface area contributed by atoms with Gasteiger partial charge in [0.1, 0.15) is 10.6 Å². The first-order chi connectivity index (χ1) is 16.6. The Morgan fingerprint density at radius 1 is 1.08 bits per heavy atom. The van der Waals surface area contributed by atoms with E-state index in [1.54, 1.807) is 60.7 Å². The van der Waals surface area contributed by atoms with Gasteiger partial charge in [-0.2, -0.15) is 25.6 Å². The molecule has 0 unspecified atom stereocenters. The monoisotopic (exact) mass is 650 g/mol. The van der Waals surface area contributed by atoms with Crippen LogP contribution in [-0.2, 0) is 31.5 Å². The topological polar surface area (TPSA) is 115 Å². The van der Waals surface area contributed by atoms with E-state index < -0.39 is 43.6 Å². The minimum Gasteiger partial charge on any atom is -0.379 e. The van der Waals surface area contributed by atoms with Crippen LogP contribution in [-0.4, -0.2) is 32.4 Å². The molecule has 0 saturated heterocycles. The third-order valence-corrected chi connectivity index (χ3v) is 8.75. The van der Waals surface area contributed by atoms with Crippen molar-refractivity contribution in [2.24, 2.45) is 0 Å². The van der Waals surface area contributed by atoms with E-state index >= 15 is 0 Å². The van der Waals surface area contributed by atoms with Crippen molar-refractivity contribution in [2.75, 3.05) is 0 Å². The van der Waals surface area contributed by atoms with E-state index in [2.05, 4.69) is 6.58 Å². The van der Waals surface area contributed by atoms with Gasteiger partial charge in [-0.3, -0.25) is 9.35 Å². The molecule has 0 spiro atoms. The zero-order valence-electron chi connectivity index (χ0n) is 19.0. The lowest BCUT2D eigenvalue weighted by atomic mass is 9.98. The molecular weight excluding hydrogens is 629 g/mol. The Morgan fingerprint density at radius 2 is 1.69 bits per heavy atom. The lowest BCUT2D eigenvalue weighted by Gasteiger charge is -2.18. The maximum Gasteiger partial charge on any atom is 0.427 e. The van der Waals surface area contributed by atoms with Gasteiger partial charge in [0.05, 0.1) is 0 Å². The second-order valence-electron chi connectivity index (χ2n) is 8.25. The number of ketones is 1. The highest BCUT2D eigenvalue weighted by molar-refractivity contribution is 14.1. The van der Waals surface area contributed by atoms with E-state index in [1.165, 1.54) is 18.2 Å². The van der Waals surface area contributed by atoms with Crippen molar-refractivity contribution in [3.63, 3.8) is 0 Å². The van der Waals surface area contributed by atoms with Gasteiger partial charge in [0.2, 0.25) is 5.78 Å². The minimum absolute atomic E-state index is 0.0425. The van der Waals surface area contributed by atoms with Crippen molar-refractivity contribution in [1.82, 2.24) is 0 Å². The van der Waals surface area contributed by atoms with Gasteiger partial charge in [0.25, 0.3) is 0 Å². The van der Waals surface area contributed by atoms with Crippen LogP contribution in [0.15, 0.2) is 60.0 Å². The summed E-state index contributed by atoms with van der Waals surface area (Å²) >= 11 is 1.68. The predicted molar refractivity (Wildman–Crippen MR) is 140 cm³/mol. The van der Waals surface area contributed by atoms with Crippen LogP contribution in [0.3, 0.4) is 0 Å². The quantitative estimate of drug-likeness (QED) is 0.183. The van der Waals surface area contributed by atoms with Crippen molar-refractivity contribution in [3.05, 3.63) is 75.4 Å². The fraction of sp³-hybridized carbons (Fsp3) is 0.208. The molecule has 0 aliphatic rings. The van der Waals surface area contributed by atoms with Gasteiger partial charge >= 0.3 is 25.5 Å². The summed E-state index contributed by atoms with van der Waals surface area (Å²) in [4.78, 5) is 11.7. The molecule has 7 nitrogen and oxygen atoms in total. The number of Topliss-reactive ketones (excluding diaryl/α,β-unsaturated/α-hetero) is 1. The highest BCUT2D eigenvalue weighted by Crippen LogP contribution is 2.34. The van der Waals surface area contributed by atoms with Crippen molar-refractivity contribution >= 4 is 65.5 Å². The van der Waals surface area contributed by atoms with Gasteiger partial charge in [0, 0.05) is 9.99 Å². The first-order valence-electron chi connectivity index (χ1n) is 10.4. The Labute approximate surface area is 221 Å². The molecule has 3 rings (SSSR count). The Bertz CT molecular complexity index is 1580. The number of benzene rings is 3. The fourth-order valence-corrected chi connectivity index (χ4v) is 6.69. The van der Waals surface area contributed by atoms with Gasteiger partial charge in [0.15, 0.2) is 0 Å². The largest absolute Gasteiger partial charge is 0.427 e. The normalized spacial score (nSPS) is 12.6. The number of carbonyl (C=O) groups is 1. The highest BCUT2D eigenvalue weighted by atomic mass is 127. The van der Waals surface area contributed by atoms with Crippen LogP contribution in [0.5, 0.6) is 5.75 Å². The third kappa shape index (κ3) is 5.76. The zero-order chi connectivity index (χ0) is 27.1. The average Bonchev–Trinajstić information content (AvgIpc) is 2.76. The maximum atomic E-state index is 13.7. The van der Waals surface area contributed by atoms with E-state index in [-0.39, 0.29) is 25.3 Å². The molecule has 1 N–H and O–H groups in total. The van der Waals surface area contributed by atoms with Crippen LogP contribution in [0.2, 0.25) is 0 Å². The molecule has 0 saturated carbocycles. The Balaban J connectivity index is 2.00. The highest BCUT2D eigenvalue weighted by Gasteiger charge is 2.51. The maximum absolute atomic E-state index is 13.7. The van der Waals surface area contributed by atoms with E-state index in [9.17, 15) is 30.4 Å². The number of alkyl halides is 2. The Kier molecular flexibility index (Phi) is 7.94. The molecule has 0 fully saturated rings. The second kappa shape index (κ2) is 10.1. The number of carbonyl (C=O) groups excluding carboxylic acids is 1. The van der Waals surface area contributed by atoms with Gasteiger partial charge in [-0.25, -0.2) is 0 Å². The molecular formula is C24H21F2IO7S2. The number of hydrogen-bond donors (Lipinski definition) is 1. The molecule has 0 aromatic heterocycles. The summed E-state index contributed by atoms with van der Waals surface area (Å²) in [5.74, 6) is -2.41. The van der Waals surface area contributed by atoms with Crippen LogP contribution in [0.4, 0.5) is 8.78 Å². The van der Waals surface area contributed by atoms with Gasteiger partial charge < -0.3 is 4.18 Å². The second-order valence-corrected chi connectivity index (χ2v) is 12.4. The van der Waals surface area contributed by atoms with E-state index in [0.717, 1.165) is 16.3 Å². The molecule has 0 bridgehead atoms. The molecule has 12 heteroatoms. The number of fused-ring (bicyclic) bond motifs is 1. The molecule has 192 valence electrons. The fourth-order valence-electron chi connectivity index (χ4n) is 3.49. The van der Waals surface area contributed by atoms with Crippen molar-refractivity contribution < 1.29 is 39.1 Å². The van der Waals surface area contributed by atoms with Crippen LogP contribution < -0.4 is 4.18 Å². The first kappa shape index (κ1) is 28.2. The average molecular weight is 650 g/mol. The lowest BCUT2D eigenvalue weighted by molar-refractivity contribution is -0.133. The van der Waals surface area contributed by atoms with E-state index in [1.807, 2.05) is 12.1 Å². The Hall–Kier alpha value is -2.42. The molecule has 0 atom stereocenters. The SMILES string of the molecule is C=Cc1ccc2cc(OS(=O)(=O)c3c(I)cc(CC(=O)C(F)(F)S(=O)(=O)O)cc3C(C)C)ccc2c1. The molecule has 0 heterocycles. The van der Waals surface area contributed by atoms with Crippen LogP contribution in [0.25, 0.3) is 16.8 Å². The third-order valence-electron chi connectivity index (χ3n) is 5.29. The van der Waals surface area contributed by atoms with Crippen LogP contribution in [0.1, 0.15) is 36.5 Å². The molecule has 0 radical (unpaired) electrons. The minimum atomic E-state index is -5.95. The molecule has 3 aromatic carbocycles. The lowest BCUT2D eigenvalue weighted by Crippen LogP contribution is -2.38. The molecule has 0 aliphatic heterocycles. The van der Waals surface area contributed by atoms with Crippen LogP contribution >= 0.6 is 22.6 Å².